The summed E-state index contributed by atoms with van der Waals surface area (Å²) in [5.41, 5.74) is -0.468. The average molecular weight is 349 g/mol. The fourth-order valence-corrected chi connectivity index (χ4v) is 3.11. The van der Waals surface area contributed by atoms with Gasteiger partial charge in [0, 0.05) is 19.0 Å². The Balaban J connectivity index is 1.86. The quantitative estimate of drug-likeness (QED) is 0.575. The summed E-state index contributed by atoms with van der Waals surface area (Å²) in [4.78, 5) is 26.6. The summed E-state index contributed by atoms with van der Waals surface area (Å²) < 4.78 is 10.1. The highest BCUT2D eigenvalue weighted by atomic mass is 32.1. The van der Waals surface area contributed by atoms with E-state index in [0.717, 1.165) is 17.7 Å². The molecule has 1 amide bonds. The van der Waals surface area contributed by atoms with Gasteiger partial charge < -0.3 is 14.4 Å². The molecule has 0 N–H and O–H groups in total. The van der Waals surface area contributed by atoms with E-state index in [2.05, 4.69) is 16.6 Å². The first-order valence-electron chi connectivity index (χ1n) is 7.96. The number of hydrogen-bond donors (Lipinski definition) is 0. The second-order valence-electron chi connectivity index (χ2n) is 6.67. The first kappa shape index (κ1) is 18.3. The van der Waals surface area contributed by atoms with E-state index in [1.807, 2.05) is 26.8 Å². The molecule has 0 aromatic carbocycles. The van der Waals surface area contributed by atoms with Gasteiger partial charge in [-0.3, -0.25) is 0 Å². The van der Waals surface area contributed by atoms with Crippen LogP contribution in [0, 0.1) is 17.8 Å². The van der Waals surface area contributed by atoms with Gasteiger partial charge in [0.25, 0.3) is 0 Å². The first-order valence-corrected chi connectivity index (χ1v) is 8.78. The molecule has 6 heteroatoms. The average Bonchev–Trinajstić information content (AvgIpc) is 3.00. The third-order valence-electron chi connectivity index (χ3n) is 3.54. The molecule has 0 saturated carbocycles. The van der Waals surface area contributed by atoms with E-state index in [1.54, 1.807) is 11.0 Å². The molecule has 1 aliphatic heterocycles. The van der Waals surface area contributed by atoms with Crippen molar-refractivity contribution in [2.75, 3.05) is 20.2 Å². The van der Waals surface area contributed by atoms with Crippen LogP contribution < -0.4 is 0 Å². The van der Waals surface area contributed by atoms with E-state index < -0.39 is 5.60 Å². The maximum atomic E-state index is 12.0. The molecular weight excluding hydrogens is 326 g/mol. The monoisotopic (exact) mass is 349 g/mol. The van der Waals surface area contributed by atoms with Crippen LogP contribution in [-0.4, -0.2) is 42.8 Å². The maximum Gasteiger partial charge on any atom is 0.410 e. The number of esters is 1. The fraction of sp³-hybridized carbons (Fsp3) is 0.556. The highest BCUT2D eigenvalue weighted by molar-refractivity contribution is 7.14. The Labute approximate surface area is 146 Å². The number of hydrogen-bond acceptors (Lipinski definition) is 5. The lowest BCUT2D eigenvalue weighted by molar-refractivity contribution is 0.0199. The molecule has 2 heterocycles. The van der Waals surface area contributed by atoms with Gasteiger partial charge in [0.1, 0.15) is 10.5 Å². The van der Waals surface area contributed by atoms with Crippen LogP contribution in [0.4, 0.5) is 4.79 Å². The van der Waals surface area contributed by atoms with Crippen molar-refractivity contribution in [3.05, 3.63) is 21.9 Å². The van der Waals surface area contributed by atoms with Crippen molar-refractivity contribution in [3.63, 3.8) is 0 Å². The molecule has 0 atom stereocenters. The minimum Gasteiger partial charge on any atom is -0.465 e. The van der Waals surface area contributed by atoms with Gasteiger partial charge >= 0.3 is 12.1 Å². The lowest BCUT2D eigenvalue weighted by atomic mass is 9.98. The van der Waals surface area contributed by atoms with Crippen LogP contribution in [0.3, 0.4) is 0 Å². The molecule has 2 rings (SSSR count). The van der Waals surface area contributed by atoms with Crippen LogP contribution in [0.5, 0.6) is 0 Å². The van der Waals surface area contributed by atoms with Crippen molar-refractivity contribution >= 4 is 23.4 Å². The minimum atomic E-state index is -0.468. The molecule has 1 aromatic heterocycles. The van der Waals surface area contributed by atoms with Gasteiger partial charge in [-0.1, -0.05) is 11.8 Å². The summed E-state index contributed by atoms with van der Waals surface area (Å²) in [7, 11) is 1.37. The highest BCUT2D eigenvalue weighted by Gasteiger charge is 2.26. The number of piperidine rings is 1. The number of likely N-dealkylation sites (tertiary alicyclic amines) is 1. The summed E-state index contributed by atoms with van der Waals surface area (Å²) in [6.07, 6.45) is 1.41. The maximum absolute atomic E-state index is 12.0. The van der Waals surface area contributed by atoms with Crippen molar-refractivity contribution in [2.24, 2.45) is 5.92 Å². The molecule has 0 bridgehead atoms. The minimum absolute atomic E-state index is 0.255. The highest BCUT2D eigenvalue weighted by Crippen LogP contribution is 2.20. The second-order valence-corrected chi connectivity index (χ2v) is 7.75. The number of carbonyl (C=O) groups excluding carboxylic acids is 2. The number of carbonyl (C=O) groups is 2. The zero-order valence-corrected chi connectivity index (χ0v) is 15.4. The van der Waals surface area contributed by atoms with Crippen LogP contribution >= 0.6 is 11.3 Å². The third-order valence-corrected chi connectivity index (χ3v) is 4.52. The molecule has 5 nitrogen and oxygen atoms in total. The van der Waals surface area contributed by atoms with Gasteiger partial charge in [-0.15, -0.1) is 11.3 Å². The molecule has 1 aliphatic rings. The predicted molar refractivity (Wildman–Crippen MR) is 93.1 cm³/mol. The van der Waals surface area contributed by atoms with Crippen LogP contribution in [0.2, 0.25) is 0 Å². The van der Waals surface area contributed by atoms with Gasteiger partial charge in [0.2, 0.25) is 0 Å². The molecule has 0 aliphatic carbocycles. The smallest absolute Gasteiger partial charge is 0.410 e. The van der Waals surface area contributed by atoms with Crippen molar-refractivity contribution in [2.45, 2.75) is 39.2 Å². The van der Waals surface area contributed by atoms with Gasteiger partial charge in [-0.25, -0.2) is 9.59 Å². The van der Waals surface area contributed by atoms with E-state index >= 15 is 0 Å². The van der Waals surface area contributed by atoms with Crippen LogP contribution in [0.25, 0.3) is 0 Å². The van der Waals surface area contributed by atoms with Crippen LogP contribution in [0.1, 0.15) is 48.2 Å². The molecule has 1 aromatic rings. The van der Waals surface area contributed by atoms with Crippen molar-refractivity contribution < 1.29 is 19.1 Å². The molecule has 1 saturated heterocycles. The molecule has 130 valence electrons. The molecular formula is C18H23NO4S. The summed E-state index contributed by atoms with van der Waals surface area (Å²) in [6, 6.07) is 3.56. The van der Waals surface area contributed by atoms with Gasteiger partial charge in [-0.2, -0.15) is 0 Å². The molecule has 24 heavy (non-hydrogen) atoms. The van der Waals surface area contributed by atoms with Crippen LogP contribution in [-0.2, 0) is 9.47 Å². The van der Waals surface area contributed by atoms with E-state index in [9.17, 15) is 9.59 Å². The predicted octanol–water partition coefficient (Wildman–Crippen LogP) is 3.53. The van der Waals surface area contributed by atoms with Gasteiger partial charge in [0.05, 0.1) is 12.0 Å². The fourth-order valence-electron chi connectivity index (χ4n) is 2.32. The Morgan fingerprint density at radius 3 is 2.50 bits per heavy atom. The molecule has 1 fully saturated rings. The number of ether oxygens (including phenoxy) is 2. The Bertz CT molecular complexity index is 655. The zero-order valence-electron chi connectivity index (χ0n) is 14.5. The summed E-state index contributed by atoms with van der Waals surface area (Å²) >= 11 is 1.33. The number of thiophene rings is 1. The van der Waals surface area contributed by atoms with Gasteiger partial charge in [0.15, 0.2) is 0 Å². The first-order chi connectivity index (χ1) is 11.3. The Hall–Kier alpha value is -2.00. The SMILES string of the molecule is COC(=O)c1ccc(C#CC2CCN(C(=O)OC(C)(C)C)CC2)s1. The number of rotatable bonds is 1. The number of amides is 1. The lowest BCUT2D eigenvalue weighted by Crippen LogP contribution is -2.41. The largest absolute Gasteiger partial charge is 0.465 e. The Morgan fingerprint density at radius 1 is 1.25 bits per heavy atom. The van der Waals surface area contributed by atoms with E-state index in [-0.39, 0.29) is 18.0 Å². The third kappa shape index (κ3) is 5.27. The summed E-state index contributed by atoms with van der Waals surface area (Å²) in [6.45, 7) is 6.92. The van der Waals surface area contributed by atoms with Crippen molar-refractivity contribution in [1.82, 2.24) is 4.90 Å². The standard InChI is InChI=1S/C18H23NO4S/c1-18(2,3)23-17(21)19-11-9-13(10-12-19)5-6-14-7-8-15(24-14)16(20)22-4/h7-8,13H,9-12H2,1-4H3. The van der Waals surface area contributed by atoms with Crippen molar-refractivity contribution in [3.8, 4) is 11.8 Å². The lowest BCUT2D eigenvalue weighted by Gasteiger charge is -2.31. The Morgan fingerprint density at radius 2 is 1.92 bits per heavy atom. The van der Waals surface area contributed by atoms with Gasteiger partial charge in [-0.05, 0) is 45.7 Å². The van der Waals surface area contributed by atoms with E-state index in [4.69, 9.17) is 4.74 Å². The van der Waals surface area contributed by atoms with Crippen LogP contribution in [0.15, 0.2) is 12.1 Å². The number of methoxy groups -OCH3 is 1. The zero-order chi connectivity index (χ0) is 17.7. The normalized spacial score (nSPS) is 15.4. The van der Waals surface area contributed by atoms with E-state index in [1.165, 1.54) is 18.4 Å². The molecule has 0 unspecified atom stereocenters. The number of nitrogens with zero attached hydrogens (tertiary/aromatic N) is 1. The second kappa shape index (κ2) is 7.71. The molecule has 0 radical (unpaired) electrons. The van der Waals surface area contributed by atoms with Crippen molar-refractivity contribution in [1.29, 1.82) is 0 Å². The summed E-state index contributed by atoms with van der Waals surface area (Å²) in [5.74, 6) is 6.29. The summed E-state index contributed by atoms with van der Waals surface area (Å²) in [5, 5.41) is 0. The van der Waals surface area contributed by atoms with E-state index in [0.29, 0.717) is 18.0 Å². The molecule has 0 spiro atoms. The Kier molecular flexibility index (Phi) is 5.89. The topological polar surface area (TPSA) is 55.8 Å².